The second kappa shape index (κ2) is 6.88. The minimum Gasteiger partial charge on any atom is -0.335 e. The Hall–Kier alpha value is -3.42. The Balaban J connectivity index is 1.80. The molecule has 2 heterocycles. The molecule has 0 atom stereocenters. The molecule has 1 aliphatic rings. The van der Waals surface area contributed by atoms with Gasteiger partial charge in [-0.15, -0.1) is 0 Å². The standard InChI is InChI=1S/C21H16F3N3O2/c1-2-18(28)26-11-15(12-26)27-20(29)17-6-4-3-5-16(17)19(25-27)13-7-9-14(10-8-13)21(22,23)24/h2-10,15H,1,11-12H2. The Kier molecular flexibility index (Phi) is 4.49. The third-order valence-electron chi connectivity index (χ3n) is 5.01. The van der Waals surface area contributed by atoms with Crippen molar-refractivity contribution in [2.45, 2.75) is 12.2 Å². The van der Waals surface area contributed by atoms with E-state index >= 15 is 0 Å². The number of benzene rings is 2. The third kappa shape index (κ3) is 3.30. The Morgan fingerprint density at radius 3 is 2.28 bits per heavy atom. The van der Waals surface area contributed by atoms with Gasteiger partial charge >= 0.3 is 6.18 Å². The number of likely N-dealkylation sites (tertiary alicyclic amines) is 1. The van der Waals surface area contributed by atoms with E-state index in [2.05, 4.69) is 11.7 Å². The zero-order valence-corrected chi connectivity index (χ0v) is 15.2. The average molecular weight is 399 g/mol. The molecule has 0 spiro atoms. The number of aromatic nitrogens is 2. The van der Waals surface area contributed by atoms with Gasteiger partial charge in [-0.1, -0.05) is 36.9 Å². The van der Waals surface area contributed by atoms with Crippen molar-refractivity contribution in [2.75, 3.05) is 13.1 Å². The number of hydrogen-bond acceptors (Lipinski definition) is 3. The number of hydrogen-bond donors (Lipinski definition) is 0. The Morgan fingerprint density at radius 2 is 1.69 bits per heavy atom. The number of rotatable bonds is 3. The van der Waals surface area contributed by atoms with Crippen LogP contribution in [0.25, 0.3) is 22.0 Å². The zero-order chi connectivity index (χ0) is 20.8. The van der Waals surface area contributed by atoms with Crippen LogP contribution in [0, 0.1) is 0 Å². The predicted molar refractivity (Wildman–Crippen MR) is 102 cm³/mol. The number of amides is 1. The molecule has 1 fully saturated rings. The summed E-state index contributed by atoms with van der Waals surface area (Å²) in [6.45, 7) is 4.09. The molecule has 4 rings (SSSR count). The van der Waals surface area contributed by atoms with E-state index in [4.69, 9.17) is 0 Å². The van der Waals surface area contributed by atoms with E-state index in [-0.39, 0.29) is 17.5 Å². The number of carbonyl (C=O) groups excluding carboxylic acids is 1. The van der Waals surface area contributed by atoms with Crippen molar-refractivity contribution in [2.24, 2.45) is 0 Å². The second-order valence-corrected chi connectivity index (χ2v) is 6.82. The number of alkyl halides is 3. The van der Waals surface area contributed by atoms with E-state index in [9.17, 15) is 22.8 Å². The SMILES string of the molecule is C=CC(=O)N1CC(n2nc(-c3ccc(C(F)(F)F)cc3)c3ccccc3c2=O)C1. The Morgan fingerprint density at radius 1 is 1.07 bits per heavy atom. The molecular weight excluding hydrogens is 383 g/mol. The summed E-state index contributed by atoms with van der Waals surface area (Å²) in [5, 5.41) is 5.45. The van der Waals surface area contributed by atoms with Gasteiger partial charge in [0.1, 0.15) is 0 Å². The van der Waals surface area contributed by atoms with E-state index < -0.39 is 11.7 Å². The first-order valence-electron chi connectivity index (χ1n) is 8.90. The van der Waals surface area contributed by atoms with Gasteiger partial charge in [0.05, 0.1) is 22.7 Å². The molecule has 1 aliphatic heterocycles. The smallest absolute Gasteiger partial charge is 0.335 e. The first-order chi connectivity index (χ1) is 13.8. The third-order valence-corrected chi connectivity index (χ3v) is 5.01. The molecule has 0 aliphatic carbocycles. The summed E-state index contributed by atoms with van der Waals surface area (Å²) < 4.78 is 40.0. The lowest BCUT2D eigenvalue weighted by molar-refractivity contribution is -0.137. The van der Waals surface area contributed by atoms with E-state index in [1.807, 2.05) is 0 Å². The topological polar surface area (TPSA) is 55.2 Å². The van der Waals surface area contributed by atoms with Crippen LogP contribution in [0.2, 0.25) is 0 Å². The fourth-order valence-corrected chi connectivity index (χ4v) is 3.40. The van der Waals surface area contributed by atoms with Gasteiger partial charge in [0, 0.05) is 24.0 Å². The van der Waals surface area contributed by atoms with Crippen molar-refractivity contribution in [3.63, 3.8) is 0 Å². The molecule has 0 radical (unpaired) electrons. The largest absolute Gasteiger partial charge is 0.416 e. The van der Waals surface area contributed by atoms with Gasteiger partial charge in [-0.3, -0.25) is 9.59 Å². The molecule has 5 nitrogen and oxygen atoms in total. The van der Waals surface area contributed by atoms with Crippen molar-refractivity contribution in [1.82, 2.24) is 14.7 Å². The van der Waals surface area contributed by atoms with Gasteiger partial charge in [0.15, 0.2) is 0 Å². The molecule has 3 aromatic rings. The maximum absolute atomic E-state index is 12.9. The molecule has 0 unspecified atom stereocenters. The maximum Gasteiger partial charge on any atom is 0.416 e. The van der Waals surface area contributed by atoms with Crippen molar-refractivity contribution in [3.05, 3.63) is 77.1 Å². The molecule has 1 aromatic heterocycles. The van der Waals surface area contributed by atoms with Crippen LogP contribution in [0.5, 0.6) is 0 Å². The summed E-state index contributed by atoms with van der Waals surface area (Å²) in [4.78, 5) is 26.1. The first kappa shape index (κ1) is 18.9. The van der Waals surface area contributed by atoms with Crippen molar-refractivity contribution in [1.29, 1.82) is 0 Å². The second-order valence-electron chi connectivity index (χ2n) is 6.82. The van der Waals surface area contributed by atoms with Crippen LogP contribution in [0.1, 0.15) is 11.6 Å². The Labute approximate surface area is 163 Å². The molecule has 0 N–H and O–H groups in total. The molecule has 0 bridgehead atoms. The number of halogens is 3. The highest BCUT2D eigenvalue weighted by Gasteiger charge is 2.33. The maximum atomic E-state index is 12.9. The van der Waals surface area contributed by atoms with Crippen molar-refractivity contribution >= 4 is 16.7 Å². The summed E-state index contributed by atoms with van der Waals surface area (Å²) >= 11 is 0. The van der Waals surface area contributed by atoms with Crippen LogP contribution in [-0.2, 0) is 11.0 Å². The van der Waals surface area contributed by atoms with E-state index in [1.165, 1.54) is 22.9 Å². The van der Waals surface area contributed by atoms with E-state index in [0.717, 1.165) is 12.1 Å². The fraction of sp³-hybridized carbons (Fsp3) is 0.190. The summed E-state index contributed by atoms with van der Waals surface area (Å²) in [7, 11) is 0. The number of nitrogens with zero attached hydrogens (tertiary/aromatic N) is 3. The molecule has 1 amide bonds. The minimum atomic E-state index is -4.43. The van der Waals surface area contributed by atoms with Crippen LogP contribution < -0.4 is 5.56 Å². The van der Waals surface area contributed by atoms with Gasteiger partial charge < -0.3 is 4.90 Å². The molecular formula is C21H16F3N3O2. The van der Waals surface area contributed by atoms with Crippen LogP contribution in [0.4, 0.5) is 13.2 Å². The van der Waals surface area contributed by atoms with Crippen LogP contribution in [0.15, 0.2) is 66.0 Å². The predicted octanol–water partition coefficient (Wildman–Crippen LogP) is 3.65. The van der Waals surface area contributed by atoms with Crippen molar-refractivity contribution < 1.29 is 18.0 Å². The molecule has 29 heavy (non-hydrogen) atoms. The monoisotopic (exact) mass is 399 g/mol. The lowest BCUT2D eigenvalue weighted by atomic mass is 10.0. The highest BCUT2D eigenvalue weighted by atomic mass is 19.4. The molecule has 8 heteroatoms. The van der Waals surface area contributed by atoms with E-state index in [1.54, 1.807) is 29.2 Å². The molecule has 148 valence electrons. The van der Waals surface area contributed by atoms with E-state index in [0.29, 0.717) is 35.1 Å². The van der Waals surface area contributed by atoms with Crippen molar-refractivity contribution in [3.8, 4) is 11.3 Å². The lowest BCUT2D eigenvalue weighted by Crippen LogP contribution is -2.53. The summed E-state index contributed by atoms with van der Waals surface area (Å²) in [5.41, 5.74) is -0.160. The van der Waals surface area contributed by atoms with Gasteiger partial charge in [-0.05, 0) is 24.3 Å². The first-order valence-corrected chi connectivity index (χ1v) is 8.90. The summed E-state index contributed by atoms with van der Waals surface area (Å²) in [6.07, 6.45) is -3.22. The molecule has 1 saturated heterocycles. The molecule has 0 saturated carbocycles. The quantitative estimate of drug-likeness (QED) is 0.632. The summed E-state index contributed by atoms with van der Waals surface area (Å²) in [6, 6.07) is 11.2. The highest BCUT2D eigenvalue weighted by molar-refractivity contribution is 5.93. The van der Waals surface area contributed by atoms with Gasteiger partial charge in [-0.25, -0.2) is 4.68 Å². The normalized spacial score (nSPS) is 14.7. The highest BCUT2D eigenvalue weighted by Crippen LogP contribution is 2.32. The average Bonchev–Trinajstić information content (AvgIpc) is 2.68. The number of fused-ring (bicyclic) bond motifs is 1. The summed E-state index contributed by atoms with van der Waals surface area (Å²) in [5.74, 6) is -0.224. The van der Waals surface area contributed by atoms with Gasteiger partial charge in [0.25, 0.3) is 5.56 Å². The van der Waals surface area contributed by atoms with Crippen LogP contribution >= 0.6 is 0 Å². The number of carbonyl (C=O) groups is 1. The van der Waals surface area contributed by atoms with Crippen LogP contribution in [0.3, 0.4) is 0 Å². The van der Waals surface area contributed by atoms with Crippen LogP contribution in [-0.4, -0.2) is 33.7 Å². The Bertz CT molecular complexity index is 1160. The lowest BCUT2D eigenvalue weighted by Gasteiger charge is -2.38. The van der Waals surface area contributed by atoms with Gasteiger partial charge in [0.2, 0.25) is 5.91 Å². The fourth-order valence-electron chi connectivity index (χ4n) is 3.40. The zero-order valence-electron chi connectivity index (χ0n) is 15.2. The molecule has 2 aromatic carbocycles. The van der Waals surface area contributed by atoms with Gasteiger partial charge in [-0.2, -0.15) is 18.3 Å². The minimum absolute atomic E-state index is 0.224.